The highest BCUT2D eigenvalue weighted by Crippen LogP contribution is 2.29. The van der Waals surface area contributed by atoms with Crippen LogP contribution in [-0.4, -0.2) is 11.1 Å². The fraction of sp³-hybridized carbons (Fsp3) is 0.278. The molecule has 0 fully saturated rings. The van der Waals surface area contributed by atoms with Gasteiger partial charge in [-0.2, -0.15) is 0 Å². The Hall–Kier alpha value is -2.09. The van der Waals surface area contributed by atoms with Crippen molar-refractivity contribution in [3.63, 3.8) is 0 Å². The lowest BCUT2D eigenvalue weighted by molar-refractivity contribution is -0.136. The molecule has 0 atom stereocenters. The van der Waals surface area contributed by atoms with Crippen molar-refractivity contribution >= 4 is 5.97 Å². The van der Waals surface area contributed by atoms with Crippen molar-refractivity contribution in [2.45, 2.75) is 32.6 Å². The standard InChI is InChI=1S/C18H20O2/c1-13(2)16-8-3-4-9-17(16)15-7-5-6-14(12-15)10-11-18(19)20/h3-9,12-13H,10-11H2,1-2H3,(H,19,20). The minimum atomic E-state index is -0.752. The Bertz CT molecular complexity index is 600. The van der Waals surface area contributed by atoms with E-state index in [1.165, 1.54) is 11.1 Å². The lowest BCUT2D eigenvalue weighted by Gasteiger charge is -2.13. The fourth-order valence-corrected chi connectivity index (χ4v) is 2.41. The van der Waals surface area contributed by atoms with Crippen LogP contribution >= 0.6 is 0 Å². The highest BCUT2D eigenvalue weighted by molar-refractivity contribution is 5.69. The molecule has 2 aromatic carbocycles. The average Bonchev–Trinajstić information content (AvgIpc) is 2.45. The topological polar surface area (TPSA) is 37.3 Å². The van der Waals surface area contributed by atoms with Crippen molar-refractivity contribution in [1.29, 1.82) is 0 Å². The Labute approximate surface area is 120 Å². The molecule has 0 bridgehead atoms. The molecule has 0 saturated carbocycles. The lowest BCUT2D eigenvalue weighted by Crippen LogP contribution is -1.98. The van der Waals surface area contributed by atoms with Gasteiger partial charge in [-0.15, -0.1) is 0 Å². The van der Waals surface area contributed by atoms with E-state index in [2.05, 4.69) is 44.2 Å². The van der Waals surface area contributed by atoms with Crippen LogP contribution in [0, 0.1) is 0 Å². The second kappa shape index (κ2) is 6.38. The zero-order valence-corrected chi connectivity index (χ0v) is 12.0. The molecule has 1 N–H and O–H groups in total. The van der Waals surface area contributed by atoms with Gasteiger partial charge < -0.3 is 5.11 Å². The van der Waals surface area contributed by atoms with Crippen LogP contribution in [-0.2, 0) is 11.2 Å². The average molecular weight is 268 g/mol. The fourth-order valence-electron chi connectivity index (χ4n) is 2.41. The number of hydrogen-bond acceptors (Lipinski definition) is 1. The van der Waals surface area contributed by atoms with E-state index < -0.39 is 5.97 Å². The number of hydrogen-bond donors (Lipinski definition) is 1. The summed E-state index contributed by atoms with van der Waals surface area (Å²) in [6, 6.07) is 16.6. The van der Waals surface area contributed by atoms with Crippen LogP contribution < -0.4 is 0 Å². The predicted octanol–water partition coefficient (Wildman–Crippen LogP) is 4.49. The van der Waals surface area contributed by atoms with Gasteiger partial charge in [-0.25, -0.2) is 0 Å². The molecule has 0 aliphatic heterocycles. The molecule has 0 aromatic heterocycles. The third-order valence-electron chi connectivity index (χ3n) is 3.45. The molecule has 2 heteroatoms. The predicted molar refractivity (Wildman–Crippen MR) is 81.9 cm³/mol. The Kier molecular flexibility index (Phi) is 4.57. The van der Waals surface area contributed by atoms with E-state index in [1.54, 1.807) is 0 Å². The monoisotopic (exact) mass is 268 g/mol. The maximum absolute atomic E-state index is 10.7. The molecule has 20 heavy (non-hydrogen) atoms. The molecule has 0 aliphatic carbocycles. The number of carboxylic acid groups (broad SMARTS) is 1. The number of benzene rings is 2. The first kappa shape index (κ1) is 14.3. The molecule has 2 nitrogen and oxygen atoms in total. The second-order valence-corrected chi connectivity index (χ2v) is 5.34. The molecule has 0 saturated heterocycles. The van der Waals surface area contributed by atoms with Crippen molar-refractivity contribution in [3.8, 4) is 11.1 Å². The van der Waals surface area contributed by atoms with E-state index in [-0.39, 0.29) is 6.42 Å². The van der Waals surface area contributed by atoms with Crippen LogP contribution in [0.15, 0.2) is 48.5 Å². The third-order valence-corrected chi connectivity index (χ3v) is 3.45. The Morgan fingerprint density at radius 1 is 1.10 bits per heavy atom. The molecule has 0 spiro atoms. The molecular weight excluding hydrogens is 248 g/mol. The summed E-state index contributed by atoms with van der Waals surface area (Å²) in [7, 11) is 0. The van der Waals surface area contributed by atoms with E-state index >= 15 is 0 Å². The van der Waals surface area contributed by atoms with Crippen molar-refractivity contribution in [2.24, 2.45) is 0 Å². The highest BCUT2D eigenvalue weighted by atomic mass is 16.4. The van der Waals surface area contributed by atoms with Gasteiger partial charge in [0.05, 0.1) is 0 Å². The molecule has 0 heterocycles. The third kappa shape index (κ3) is 3.47. The number of rotatable bonds is 5. The summed E-state index contributed by atoms with van der Waals surface area (Å²) in [6.07, 6.45) is 0.752. The van der Waals surface area contributed by atoms with Gasteiger partial charge in [0.15, 0.2) is 0 Å². The quantitative estimate of drug-likeness (QED) is 0.867. The van der Waals surface area contributed by atoms with Gasteiger partial charge in [-0.1, -0.05) is 62.4 Å². The van der Waals surface area contributed by atoms with Crippen LogP contribution in [0.25, 0.3) is 11.1 Å². The summed E-state index contributed by atoms with van der Waals surface area (Å²) in [4.78, 5) is 10.7. The Morgan fingerprint density at radius 3 is 2.55 bits per heavy atom. The summed E-state index contributed by atoms with van der Waals surface area (Å²) in [5, 5.41) is 8.78. The molecule has 2 aromatic rings. The molecule has 0 radical (unpaired) electrons. The second-order valence-electron chi connectivity index (χ2n) is 5.34. The van der Waals surface area contributed by atoms with Crippen molar-refractivity contribution in [3.05, 3.63) is 59.7 Å². The molecule has 0 aliphatic rings. The minimum absolute atomic E-state index is 0.176. The zero-order valence-electron chi connectivity index (χ0n) is 12.0. The molecule has 0 unspecified atom stereocenters. The normalized spacial score (nSPS) is 10.8. The number of carbonyl (C=O) groups is 1. The summed E-state index contributed by atoms with van der Waals surface area (Å²) < 4.78 is 0. The Balaban J connectivity index is 2.33. The number of carboxylic acids is 1. The first-order valence-electron chi connectivity index (χ1n) is 6.98. The van der Waals surface area contributed by atoms with Crippen molar-refractivity contribution in [2.75, 3.05) is 0 Å². The van der Waals surface area contributed by atoms with Crippen molar-refractivity contribution in [1.82, 2.24) is 0 Å². The van der Waals surface area contributed by atoms with E-state index in [4.69, 9.17) is 5.11 Å². The van der Waals surface area contributed by atoms with Gasteiger partial charge in [0.1, 0.15) is 0 Å². The first-order chi connectivity index (χ1) is 9.58. The van der Waals surface area contributed by atoms with E-state index in [9.17, 15) is 4.79 Å². The van der Waals surface area contributed by atoms with Gasteiger partial charge in [-0.3, -0.25) is 4.79 Å². The van der Waals surface area contributed by atoms with E-state index in [0.717, 1.165) is 11.1 Å². The van der Waals surface area contributed by atoms with Crippen LogP contribution in [0.3, 0.4) is 0 Å². The SMILES string of the molecule is CC(C)c1ccccc1-c1cccc(CCC(=O)O)c1. The molecule has 104 valence electrons. The highest BCUT2D eigenvalue weighted by Gasteiger charge is 2.08. The number of aryl methyl sites for hydroxylation is 1. The van der Waals surface area contributed by atoms with E-state index in [1.807, 2.05) is 18.2 Å². The first-order valence-corrected chi connectivity index (χ1v) is 6.98. The summed E-state index contributed by atoms with van der Waals surface area (Å²) in [6.45, 7) is 4.38. The summed E-state index contributed by atoms with van der Waals surface area (Å²) >= 11 is 0. The lowest BCUT2D eigenvalue weighted by atomic mass is 9.91. The Morgan fingerprint density at radius 2 is 1.85 bits per heavy atom. The van der Waals surface area contributed by atoms with Gasteiger partial charge >= 0.3 is 5.97 Å². The van der Waals surface area contributed by atoms with Crippen LogP contribution in [0.5, 0.6) is 0 Å². The van der Waals surface area contributed by atoms with Gasteiger partial charge in [-0.05, 0) is 34.6 Å². The molecule has 0 amide bonds. The van der Waals surface area contributed by atoms with E-state index in [0.29, 0.717) is 12.3 Å². The van der Waals surface area contributed by atoms with Crippen molar-refractivity contribution < 1.29 is 9.90 Å². The minimum Gasteiger partial charge on any atom is -0.481 e. The van der Waals surface area contributed by atoms with Gasteiger partial charge in [0, 0.05) is 6.42 Å². The van der Waals surface area contributed by atoms with Crippen LogP contribution in [0.1, 0.15) is 37.3 Å². The summed E-state index contributed by atoms with van der Waals surface area (Å²) in [5.41, 5.74) is 4.79. The zero-order chi connectivity index (χ0) is 14.5. The maximum atomic E-state index is 10.7. The number of aliphatic carboxylic acids is 1. The summed E-state index contributed by atoms with van der Waals surface area (Å²) in [5.74, 6) is -0.285. The smallest absolute Gasteiger partial charge is 0.303 e. The van der Waals surface area contributed by atoms with Crippen LogP contribution in [0.2, 0.25) is 0 Å². The van der Waals surface area contributed by atoms with Gasteiger partial charge in [0.25, 0.3) is 0 Å². The van der Waals surface area contributed by atoms with Crippen LogP contribution in [0.4, 0.5) is 0 Å². The maximum Gasteiger partial charge on any atom is 0.303 e. The molecule has 2 rings (SSSR count). The molecular formula is C18H20O2. The largest absolute Gasteiger partial charge is 0.481 e. The van der Waals surface area contributed by atoms with Gasteiger partial charge in [0.2, 0.25) is 0 Å².